The second-order valence-corrected chi connectivity index (χ2v) is 7.23. The van der Waals surface area contributed by atoms with Gasteiger partial charge in [-0.3, -0.25) is 4.79 Å². The Hall–Kier alpha value is -3.26. The Labute approximate surface area is 179 Å². The first-order valence-electron chi connectivity index (χ1n) is 9.28. The smallest absolute Gasteiger partial charge is 0.252 e. The topological polar surface area (TPSA) is 82.6 Å². The zero-order valence-electron chi connectivity index (χ0n) is 17.0. The minimum Gasteiger partial charge on any atom is -0.497 e. The summed E-state index contributed by atoms with van der Waals surface area (Å²) >= 11 is 1.26. The zero-order valence-corrected chi connectivity index (χ0v) is 17.8. The van der Waals surface area contributed by atoms with Gasteiger partial charge in [0.25, 0.3) is 5.88 Å². The van der Waals surface area contributed by atoms with Crippen LogP contribution in [0.2, 0.25) is 0 Å². The summed E-state index contributed by atoms with van der Waals surface area (Å²) in [5, 5.41) is 3.52. The van der Waals surface area contributed by atoms with Crippen molar-refractivity contribution in [2.45, 2.75) is 18.0 Å². The molecule has 0 aliphatic heterocycles. The van der Waals surface area contributed by atoms with Gasteiger partial charge in [0, 0.05) is 18.0 Å². The number of hydrogen-bond donors (Lipinski definition) is 1. The molecule has 0 fully saturated rings. The van der Waals surface area contributed by atoms with E-state index in [9.17, 15) is 4.79 Å². The third-order valence-electron chi connectivity index (χ3n) is 4.21. The number of benzene rings is 2. The highest BCUT2D eigenvalue weighted by Gasteiger charge is 2.17. The number of nitrogens with one attached hydrogen (secondary N) is 1. The summed E-state index contributed by atoms with van der Waals surface area (Å²) in [6, 6.07) is 14.5. The Morgan fingerprint density at radius 1 is 1.03 bits per heavy atom. The number of methoxy groups -OCH3 is 2. The monoisotopic (exact) mass is 425 g/mol. The summed E-state index contributed by atoms with van der Waals surface area (Å²) in [5.74, 6) is 2.42. The highest BCUT2D eigenvalue weighted by Crippen LogP contribution is 2.30. The summed E-state index contributed by atoms with van der Waals surface area (Å²) < 4.78 is 16.5. The molecule has 0 aliphatic rings. The van der Waals surface area contributed by atoms with Crippen LogP contribution in [0.25, 0.3) is 0 Å². The molecule has 0 aliphatic carbocycles. The number of aromatic nitrogens is 2. The quantitative estimate of drug-likeness (QED) is 0.513. The average molecular weight is 426 g/mol. The molecule has 0 saturated heterocycles. The summed E-state index contributed by atoms with van der Waals surface area (Å²) in [4.78, 5) is 21.1. The molecular weight excluding hydrogens is 402 g/mol. The Bertz CT molecular complexity index is 985. The van der Waals surface area contributed by atoms with Crippen molar-refractivity contribution in [3.05, 3.63) is 66.5 Å². The van der Waals surface area contributed by atoms with E-state index in [1.54, 1.807) is 26.6 Å². The van der Waals surface area contributed by atoms with Crippen LogP contribution < -0.4 is 19.5 Å². The van der Waals surface area contributed by atoms with E-state index >= 15 is 0 Å². The molecule has 1 heterocycles. The minimum absolute atomic E-state index is 0.145. The van der Waals surface area contributed by atoms with Crippen molar-refractivity contribution < 1.29 is 19.0 Å². The molecule has 1 amide bonds. The van der Waals surface area contributed by atoms with Crippen LogP contribution in [0.4, 0.5) is 0 Å². The van der Waals surface area contributed by atoms with Crippen LogP contribution in [0, 0.1) is 0 Å². The molecule has 7 nitrogen and oxygen atoms in total. The van der Waals surface area contributed by atoms with Crippen molar-refractivity contribution in [2.24, 2.45) is 0 Å². The Balaban J connectivity index is 1.63. The van der Waals surface area contributed by atoms with E-state index in [0.29, 0.717) is 28.2 Å². The molecule has 1 N–H and O–H groups in total. The van der Waals surface area contributed by atoms with Gasteiger partial charge in [-0.1, -0.05) is 30.0 Å². The number of hydrogen-bond acceptors (Lipinski definition) is 7. The maximum absolute atomic E-state index is 12.5. The largest absolute Gasteiger partial charge is 0.497 e. The van der Waals surface area contributed by atoms with Gasteiger partial charge < -0.3 is 19.5 Å². The van der Waals surface area contributed by atoms with Gasteiger partial charge in [-0.05, 0) is 37.3 Å². The van der Waals surface area contributed by atoms with Crippen molar-refractivity contribution in [2.75, 3.05) is 20.0 Å². The van der Waals surface area contributed by atoms with Gasteiger partial charge in [-0.25, -0.2) is 9.97 Å². The average Bonchev–Trinajstić information content (AvgIpc) is 2.78. The standard InChI is InChI=1S/C22H23N3O4S/c1-15(18-13-17(27-2)9-10-19(18)28-3)25-20(26)14-30-22-21(23-11-12-24-22)29-16-7-5-4-6-8-16/h4-13,15H,14H2,1-3H3,(H,25,26)/t15-/m1/s1. The maximum Gasteiger partial charge on any atom is 0.252 e. The molecule has 156 valence electrons. The van der Waals surface area contributed by atoms with E-state index in [0.717, 1.165) is 5.56 Å². The van der Waals surface area contributed by atoms with E-state index in [1.807, 2.05) is 55.5 Å². The van der Waals surface area contributed by atoms with Gasteiger partial charge in [-0.15, -0.1) is 0 Å². The number of para-hydroxylation sites is 1. The summed E-state index contributed by atoms with van der Waals surface area (Å²) in [7, 11) is 3.19. The molecule has 3 aromatic rings. The number of ether oxygens (including phenoxy) is 3. The third-order valence-corrected chi connectivity index (χ3v) is 5.17. The van der Waals surface area contributed by atoms with Crippen molar-refractivity contribution in [1.29, 1.82) is 0 Å². The summed E-state index contributed by atoms with van der Waals surface area (Å²) in [6.07, 6.45) is 3.13. The second kappa shape index (κ2) is 10.5. The lowest BCUT2D eigenvalue weighted by Gasteiger charge is -2.18. The lowest BCUT2D eigenvalue weighted by molar-refractivity contribution is -0.119. The van der Waals surface area contributed by atoms with Gasteiger partial charge in [0.1, 0.15) is 17.2 Å². The van der Waals surface area contributed by atoms with Gasteiger partial charge >= 0.3 is 0 Å². The molecule has 1 atom stereocenters. The predicted octanol–water partition coefficient (Wildman–Crippen LogP) is 4.26. The number of rotatable bonds is 9. The van der Waals surface area contributed by atoms with Gasteiger partial charge in [0.2, 0.25) is 5.91 Å². The van der Waals surface area contributed by atoms with Crippen LogP contribution in [-0.4, -0.2) is 35.8 Å². The van der Waals surface area contributed by atoms with Crippen LogP contribution in [0.5, 0.6) is 23.1 Å². The van der Waals surface area contributed by atoms with E-state index in [2.05, 4.69) is 15.3 Å². The van der Waals surface area contributed by atoms with Crippen molar-refractivity contribution in [3.63, 3.8) is 0 Å². The lowest BCUT2D eigenvalue weighted by atomic mass is 10.1. The molecule has 30 heavy (non-hydrogen) atoms. The van der Waals surface area contributed by atoms with Crippen LogP contribution >= 0.6 is 11.8 Å². The van der Waals surface area contributed by atoms with Gasteiger partial charge in [0.05, 0.1) is 26.0 Å². The zero-order chi connectivity index (χ0) is 21.3. The molecule has 0 unspecified atom stereocenters. The number of nitrogens with zero attached hydrogens (tertiary/aromatic N) is 2. The molecule has 1 aromatic heterocycles. The highest BCUT2D eigenvalue weighted by atomic mass is 32.2. The fraction of sp³-hybridized carbons (Fsp3) is 0.227. The Morgan fingerprint density at radius 3 is 2.53 bits per heavy atom. The van der Waals surface area contributed by atoms with Crippen molar-refractivity contribution >= 4 is 17.7 Å². The first-order valence-corrected chi connectivity index (χ1v) is 10.3. The number of carbonyl (C=O) groups excluding carboxylic acids is 1. The number of carbonyl (C=O) groups is 1. The molecule has 3 rings (SSSR count). The number of thioether (sulfide) groups is 1. The van der Waals surface area contributed by atoms with Gasteiger partial charge in [-0.2, -0.15) is 0 Å². The van der Waals surface area contributed by atoms with E-state index in [1.165, 1.54) is 11.8 Å². The van der Waals surface area contributed by atoms with E-state index < -0.39 is 0 Å². The maximum atomic E-state index is 12.5. The van der Waals surface area contributed by atoms with Crippen molar-refractivity contribution in [3.8, 4) is 23.1 Å². The number of amides is 1. The molecule has 0 radical (unpaired) electrons. The summed E-state index contributed by atoms with van der Waals surface area (Å²) in [5.41, 5.74) is 0.836. The third kappa shape index (κ3) is 5.64. The first-order chi connectivity index (χ1) is 14.6. The second-order valence-electron chi connectivity index (χ2n) is 6.27. The van der Waals surface area contributed by atoms with Crippen molar-refractivity contribution in [1.82, 2.24) is 15.3 Å². The van der Waals surface area contributed by atoms with E-state index in [4.69, 9.17) is 14.2 Å². The summed E-state index contributed by atoms with van der Waals surface area (Å²) in [6.45, 7) is 1.89. The van der Waals surface area contributed by atoms with Crippen LogP contribution in [0.15, 0.2) is 66.0 Å². The minimum atomic E-state index is -0.259. The molecular formula is C22H23N3O4S. The molecule has 0 spiro atoms. The molecule has 2 aromatic carbocycles. The SMILES string of the molecule is COc1ccc(OC)c([C@@H](C)NC(=O)CSc2nccnc2Oc2ccccc2)c1. The van der Waals surface area contributed by atoms with E-state index in [-0.39, 0.29) is 17.7 Å². The van der Waals surface area contributed by atoms with Crippen LogP contribution in [0.3, 0.4) is 0 Å². The first kappa shape index (κ1) is 21.4. The predicted molar refractivity (Wildman–Crippen MR) is 115 cm³/mol. The lowest BCUT2D eigenvalue weighted by Crippen LogP contribution is -2.28. The normalized spacial score (nSPS) is 11.4. The van der Waals surface area contributed by atoms with Crippen LogP contribution in [-0.2, 0) is 4.79 Å². The fourth-order valence-corrected chi connectivity index (χ4v) is 3.46. The fourth-order valence-electron chi connectivity index (χ4n) is 2.75. The molecule has 8 heteroatoms. The highest BCUT2D eigenvalue weighted by molar-refractivity contribution is 8.00. The Kier molecular flexibility index (Phi) is 7.51. The Morgan fingerprint density at radius 2 is 1.80 bits per heavy atom. The van der Waals surface area contributed by atoms with Gasteiger partial charge in [0.15, 0.2) is 5.03 Å². The van der Waals surface area contributed by atoms with Crippen LogP contribution in [0.1, 0.15) is 18.5 Å². The molecule has 0 bridgehead atoms. The molecule has 0 saturated carbocycles.